The molecule has 2 atom stereocenters. The second-order valence-electron chi connectivity index (χ2n) is 6.50. The maximum Gasteiger partial charge on any atom is 0.391 e. The monoisotopic (exact) mass is 336 g/mol. The summed E-state index contributed by atoms with van der Waals surface area (Å²) in [5.41, 5.74) is 0. The molecule has 2 unspecified atom stereocenters. The van der Waals surface area contributed by atoms with Crippen LogP contribution in [-0.2, 0) is 4.79 Å². The maximum atomic E-state index is 12.9. The van der Waals surface area contributed by atoms with E-state index in [9.17, 15) is 18.0 Å². The van der Waals surface area contributed by atoms with Gasteiger partial charge in [0, 0.05) is 26.2 Å². The van der Waals surface area contributed by atoms with Crippen molar-refractivity contribution in [2.24, 2.45) is 10.9 Å². The van der Waals surface area contributed by atoms with Gasteiger partial charge >= 0.3 is 6.18 Å². The molecular weight excluding hydrogens is 309 g/mol. The average molecular weight is 336 g/mol. The Labute approximate surface area is 135 Å². The number of nitrogens with zero attached hydrogens (tertiary/aromatic N) is 2. The first-order valence-corrected chi connectivity index (χ1v) is 7.94. The normalized spacial score (nSPS) is 22.9. The van der Waals surface area contributed by atoms with Gasteiger partial charge in [0.05, 0.1) is 5.92 Å². The van der Waals surface area contributed by atoms with Crippen molar-refractivity contribution < 1.29 is 18.0 Å². The van der Waals surface area contributed by atoms with Crippen LogP contribution in [0.2, 0.25) is 0 Å². The van der Waals surface area contributed by atoms with E-state index in [2.05, 4.69) is 15.6 Å². The molecule has 0 aromatic heterocycles. The van der Waals surface area contributed by atoms with Crippen molar-refractivity contribution in [3.63, 3.8) is 0 Å². The van der Waals surface area contributed by atoms with Gasteiger partial charge in [-0.3, -0.25) is 4.79 Å². The Morgan fingerprint density at radius 3 is 2.48 bits per heavy atom. The first kappa shape index (κ1) is 19.6. The molecule has 0 bridgehead atoms. The fourth-order valence-corrected chi connectivity index (χ4v) is 2.51. The van der Waals surface area contributed by atoms with Gasteiger partial charge in [0.1, 0.15) is 6.54 Å². The minimum Gasteiger partial charge on any atom is -0.354 e. The number of carbonyl (C=O) groups is 1. The second-order valence-corrected chi connectivity index (χ2v) is 6.50. The Morgan fingerprint density at radius 2 is 1.96 bits per heavy atom. The van der Waals surface area contributed by atoms with E-state index in [1.54, 1.807) is 14.1 Å². The second kappa shape index (κ2) is 8.40. The smallest absolute Gasteiger partial charge is 0.354 e. The Morgan fingerprint density at radius 1 is 1.30 bits per heavy atom. The van der Waals surface area contributed by atoms with E-state index in [0.29, 0.717) is 18.8 Å². The number of likely N-dealkylation sites (N-methyl/N-ethyl adjacent to an activating group) is 1. The maximum absolute atomic E-state index is 12.9. The van der Waals surface area contributed by atoms with Crippen molar-refractivity contribution in [3.05, 3.63) is 0 Å². The highest BCUT2D eigenvalue weighted by Crippen LogP contribution is 2.37. The van der Waals surface area contributed by atoms with Crippen molar-refractivity contribution in [1.82, 2.24) is 15.5 Å². The van der Waals surface area contributed by atoms with Gasteiger partial charge in [-0.05, 0) is 33.1 Å². The number of rotatable bonds is 4. The lowest BCUT2D eigenvalue weighted by atomic mass is 9.85. The molecule has 0 heterocycles. The largest absolute Gasteiger partial charge is 0.391 e. The molecule has 1 saturated carbocycles. The van der Waals surface area contributed by atoms with Crippen LogP contribution < -0.4 is 10.6 Å². The average Bonchev–Trinajstić information content (AvgIpc) is 2.43. The van der Waals surface area contributed by atoms with Crippen LogP contribution in [0, 0.1) is 5.92 Å². The molecule has 0 radical (unpaired) electrons. The van der Waals surface area contributed by atoms with E-state index in [-0.39, 0.29) is 37.4 Å². The third-order valence-corrected chi connectivity index (χ3v) is 3.77. The molecule has 23 heavy (non-hydrogen) atoms. The lowest BCUT2D eigenvalue weighted by molar-refractivity contribution is -0.183. The van der Waals surface area contributed by atoms with Crippen LogP contribution in [0.4, 0.5) is 13.2 Å². The molecule has 0 aromatic rings. The Bertz CT molecular complexity index is 421. The molecule has 0 aliphatic heterocycles. The van der Waals surface area contributed by atoms with Crippen molar-refractivity contribution in [3.8, 4) is 0 Å². The van der Waals surface area contributed by atoms with Gasteiger partial charge in [-0.25, -0.2) is 4.99 Å². The van der Waals surface area contributed by atoms with Crippen molar-refractivity contribution >= 4 is 11.9 Å². The van der Waals surface area contributed by atoms with E-state index < -0.39 is 12.1 Å². The fraction of sp³-hybridized carbons (Fsp3) is 0.867. The molecule has 1 aliphatic rings. The van der Waals surface area contributed by atoms with E-state index in [1.807, 2.05) is 13.8 Å². The van der Waals surface area contributed by atoms with Crippen LogP contribution >= 0.6 is 0 Å². The summed E-state index contributed by atoms with van der Waals surface area (Å²) in [4.78, 5) is 17.2. The van der Waals surface area contributed by atoms with E-state index in [4.69, 9.17) is 0 Å². The standard InChI is InChI=1S/C15H27F3N4O/c1-10(2)20-14(19-9-13(23)22(3)4)21-12-7-5-6-11(8-12)15(16,17)18/h10-12H,5-9H2,1-4H3,(H2,19,20,21). The zero-order chi connectivity index (χ0) is 17.6. The highest BCUT2D eigenvalue weighted by molar-refractivity contribution is 5.85. The van der Waals surface area contributed by atoms with E-state index in [1.165, 1.54) is 4.90 Å². The third kappa shape index (κ3) is 7.09. The van der Waals surface area contributed by atoms with Gasteiger partial charge in [-0.1, -0.05) is 6.42 Å². The quantitative estimate of drug-likeness (QED) is 0.611. The number of alkyl halides is 3. The van der Waals surface area contributed by atoms with Gasteiger partial charge in [0.2, 0.25) is 5.91 Å². The van der Waals surface area contributed by atoms with Gasteiger partial charge in [-0.15, -0.1) is 0 Å². The minimum atomic E-state index is -4.15. The molecule has 1 rings (SSSR count). The number of carbonyl (C=O) groups excluding carboxylic acids is 1. The summed E-state index contributed by atoms with van der Waals surface area (Å²) in [6.07, 6.45) is -2.71. The van der Waals surface area contributed by atoms with Crippen LogP contribution in [0.5, 0.6) is 0 Å². The number of hydrogen-bond acceptors (Lipinski definition) is 2. The number of amides is 1. The van der Waals surface area contributed by atoms with E-state index >= 15 is 0 Å². The lowest BCUT2D eigenvalue weighted by Crippen LogP contribution is -2.48. The fourth-order valence-electron chi connectivity index (χ4n) is 2.51. The van der Waals surface area contributed by atoms with Crippen molar-refractivity contribution in [2.45, 2.75) is 57.8 Å². The molecule has 5 nitrogen and oxygen atoms in total. The Balaban J connectivity index is 2.69. The van der Waals surface area contributed by atoms with Crippen LogP contribution in [0.15, 0.2) is 4.99 Å². The molecule has 1 fully saturated rings. The van der Waals surface area contributed by atoms with Gasteiger partial charge in [-0.2, -0.15) is 13.2 Å². The number of hydrogen-bond donors (Lipinski definition) is 2. The highest BCUT2D eigenvalue weighted by Gasteiger charge is 2.42. The highest BCUT2D eigenvalue weighted by atomic mass is 19.4. The Kier molecular flexibility index (Phi) is 7.15. The first-order valence-electron chi connectivity index (χ1n) is 7.94. The predicted molar refractivity (Wildman–Crippen MR) is 84.2 cm³/mol. The molecule has 1 amide bonds. The zero-order valence-corrected chi connectivity index (χ0v) is 14.2. The number of aliphatic imine (C=N–C) groups is 1. The van der Waals surface area contributed by atoms with Gasteiger partial charge in [0.25, 0.3) is 0 Å². The molecule has 134 valence electrons. The third-order valence-electron chi connectivity index (χ3n) is 3.77. The summed E-state index contributed by atoms with van der Waals surface area (Å²) < 4.78 is 38.6. The van der Waals surface area contributed by atoms with E-state index in [0.717, 1.165) is 0 Å². The molecule has 0 saturated heterocycles. The first-order chi connectivity index (χ1) is 10.6. The summed E-state index contributed by atoms with van der Waals surface area (Å²) in [6.45, 7) is 3.78. The number of guanidine groups is 1. The molecule has 1 aliphatic carbocycles. The van der Waals surface area contributed by atoms with Crippen LogP contribution in [0.25, 0.3) is 0 Å². The summed E-state index contributed by atoms with van der Waals surface area (Å²) in [5, 5.41) is 6.11. The van der Waals surface area contributed by atoms with Crippen molar-refractivity contribution in [2.75, 3.05) is 20.6 Å². The summed E-state index contributed by atoms with van der Waals surface area (Å²) >= 11 is 0. The SMILES string of the molecule is CC(C)NC(=NCC(=O)N(C)C)NC1CCCC(C(F)(F)F)C1. The summed E-state index contributed by atoms with van der Waals surface area (Å²) in [6, 6.07) is -0.215. The number of nitrogens with one attached hydrogen (secondary N) is 2. The summed E-state index contributed by atoms with van der Waals surface area (Å²) in [7, 11) is 3.27. The van der Waals surface area contributed by atoms with Gasteiger partial charge in [0.15, 0.2) is 5.96 Å². The topological polar surface area (TPSA) is 56.7 Å². The lowest BCUT2D eigenvalue weighted by Gasteiger charge is -2.32. The molecule has 2 N–H and O–H groups in total. The van der Waals surface area contributed by atoms with Crippen molar-refractivity contribution in [1.29, 1.82) is 0 Å². The predicted octanol–water partition coefficient (Wildman–Crippen LogP) is 2.14. The molecule has 0 spiro atoms. The zero-order valence-electron chi connectivity index (χ0n) is 14.2. The molecule has 0 aromatic carbocycles. The van der Waals surface area contributed by atoms with Crippen LogP contribution in [0.3, 0.4) is 0 Å². The molecule has 8 heteroatoms. The van der Waals surface area contributed by atoms with Gasteiger partial charge < -0.3 is 15.5 Å². The summed E-state index contributed by atoms with van der Waals surface area (Å²) in [5.74, 6) is -1.04. The molecular formula is C15H27F3N4O. The number of halogens is 3. The van der Waals surface area contributed by atoms with Crippen LogP contribution in [0.1, 0.15) is 39.5 Å². The Hall–Kier alpha value is -1.47. The van der Waals surface area contributed by atoms with Crippen LogP contribution in [-0.4, -0.2) is 55.7 Å². The minimum absolute atomic E-state index is 0.0372.